The number of benzene rings is 3. The van der Waals surface area contributed by atoms with Gasteiger partial charge in [-0.25, -0.2) is 4.90 Å². The van der Waals surface area contributed by atoms with Crippen LogP contribution in [0.2, 0.25) is 0 Å². The molecule has 164 valence electrons. The van der Waals surface area contributed by atoms with Gasteiger partial charge in [0.25, 0.3) is 0 Å². The summed E-state index contributed by atoms with van der Waals surface area (Å²) in [7, 11) is 0. The minimum atomic E-state index is -1.17. The average Bonchev–Trinajstić information content (AvgIpc) is 3.14. The number of amides is 2. The maximum Gasteiger partial charge on any atom is 0.239 e. The molecule has 3 aromatic carbocycles. The molecule has 5 nitrogen and oxygen atoms in total. The third kappa shape index (κ3) is 2.45. The lowest BCUT2D eigenvalue weighted by Crippen LogP contribution is -2.54. The molecule has 0 aromatic heterocycles. The number of hydrogen-bond acceptors (Lipinski definition) is 4. The molecule has 7 rings (SSSR count). The van der Waals surface area contributed by atoms with E-state index in [2.05, 4.69) is 0 Å². The fraction of sp³-hybridized carbons (Fsp3) is 0.250. The quantitative estimate of drug-likeness (QED) is 0.443. The van der Waals surface area contributed by atoms with Crippen molar-refractivity contribution in [3.8, 4) is 5.75 Å². The highest BCUT2D eigenvalue weighted by atomic mass is 16.5. The Labute approximate surface area is 192 Å². The third-order valence-electron chi connectivity index (χ3n) is 7.44. The maximum atomic E-state index is 13.9. The SMILES string of the molecule is CCCOc1ccc(N2C(=O)[C@@H]3[C@@H](C2=O)C2c4ccccc4C3(C=O)c3ccccc32)cc1. The number of hydrogen-bond donors (Lipinski definition) is 0. The number of carbonyl (C=O) groups is 3. The first-order valence-electron chi connectivity index (χ1n) is 11.4. The topological polar surface area (TPSA) is 63.7 Å². The van der Waals surface area contributed by atoms with E-state index in [4.69, 9.17) is 4.74 Å². The van der Waals surface area contributed by atoms with Crippen LogP contribution in [0.4, 0.5) is 5.69 Å². The Kier molecular flexibility index (Phi) is 4.31. The molecular formula is C28H23NO4. The van der Waals surface area contributed by atoms with Crippen LogP contribution in [0.5, 0.6) is 5.75 Å². The Morgan fingerprint density at radius 2 is 1.48 bits per heavy atom. The molecule has 2 bridgehead atoms. The number of aldehydes is 1. The van der Waals surface area contributed by atoms with E-state index in [9.17, 15) is 14.4 Å². The zero-order valence-electron chi connectivity index (χ0n) is 18.2. The molecule has 33 heavy (non-hydrogen) atoms. The lowest BCUT2D eigenvalue weighted by Gasteiger charge is -2.51. The van der Waals surface area contributed by atoms with Crippen LogP contribution < -0.4 is 9.64 Å². The largest absolute Gasteiger partial charge is 0.494 e. The van der Waals surface area contributed by atoms with Gasteiger partial charge in [0.05, 0.1) is 29.5 Å². The number of carbonyl (C=O) groups excluding carboxylic acids is 3. The first kappa shape index (κ1) is 19.9. The van der Waals surface area contributed by atoms with Gasteiger partial charge in [-0.05, 0) is 52.9 Å². The molecule has 1 saturated heterocycles. The molecule has 5 heteroatoms. The molecule has 2 atom stereocenters. The van der Waals surface area contributed by atoms with Crippen LogP contribution in [0, 0.1) is 11.8 Å². The Bertz CT molecular complexity index is 1250. The normalized spacial score (nSPS) is 26.6. The predicted octanol–water partition coefficient (Wildman–Crippen LogP) is 4.23. The fourth-order valence-electron chi connectivity index (χ4n) is 6.20. The lowest BCUT2D eigenvalue weighted by molar-refractivity contribution is -0.128. The summed E-state index contributed by atoms with van der Waals surface area (Å²) in [5.74, 6) is -1.48. The Morgan fingerprint density at radius 1 is 0.879 bits per heavy atom. The summed E-state index contributed by atoms with van der Waals surface area (Å²) >= 11 is 0. The number of imide groups is 1. The van der Waals surface area contributed by atoms with Crippen LogP contribution in [0.1, 0.15) is 41.5 Å². The second-order valence-corrected chi connectivity index (χ2v) is 9.00. The molecule has 1 heterocycles. The van der Waals surface area contributed by atoms with Crippen LogP contribution in [-0.2, 0) is 19.8 Å². The summed E-state index contributed by atoms with van der Waals surface area (Å²) in [6.07, 6.45) is 1.79. The highest BCUT2D eigenvalue weighted by Crippen LogP contribution is 2.63. The van der Waals surface area contributed by atoms with Gasteiger partial charge in [-0.2, -0.15) is 0 Å². The van der Waals surface area contributed by atoms with Gasteiger partial charge >= 0.3 is 0 Å². The van der Waals surface area contributed by atoms with E-state index < -0.39 is 17.3 Å². The Balaban J connectivity index is 1.51. The first-order valence-corrected chi connectivity index (χ1v) is 11.4. The minimum absolute atomic E-state index is 0.243. The Morgan fingerprint density at radius 3 is 2.06 bits per heavy atom. The average molecular weight is 437 g/mol. The van der Waals surface area contributed by atoms with E-state index in [-0.39, 0.29) is 17.7 Å². The van der Waals surface area contributed by atoms with Gasteiger partial charge in [0.15, 0.2) is 0 Å². The van der Waals surface area contributed by atoms with Crippen molar-refractivity contribution in [3.05, 3.63) is 95.1 Å². The molecule has 4 aliphatic rings. The highest BCUT2D eigenvalue weighted by molar-refractivity contribution is 6.24. The summed E-state index contributed by atoms with van der Waals surface area (Å²) in [5, 5.41) is 0. The molecule has 0 radical (unpaired) electrons. The molecule has 0 N–H and O–H groups in total. The van der Waals surface area contributed by atoms with Crippen LogP contribution >= 0.6 is 0 Å². The van der Waals surface area contributed by atoms with Gasteiger partial charge in [0.1, 0.15) is 12.0 Å². The monoisotopic (exact) mass is 437 g/mol. The zero-order chi connectivity index (χ0) is 22.7. The molecule has 3 aromatic rings. The van der Waals surface area contributed by atoms with Gasteiger partial charge in [0, 0.05) is 5.92 Å². The standard InChI is InChI=1S/C28H23NO4/c1-2-15-33-18-13-11-17(12-14-18)29-26(31)24-23-19-7-3-5-9-21(19)28(16-30,25(24)27(29)32)22-10-6-4-8-20(22)23/h3-14,16,23-25H,2,15H2,1H3/t23?,24-,25-,28?/m0/s1. The highest BCUT2D eigenvalue weighted by Gasteiger charge is 2.68. The second kappa shape index (κ2) is 7.14. The fourth-order valence-corrected chi connectivity index (χ4v) is 6.20. The molecule has 2 amide bonds. The van der Waals surface area contributed by atoms with E-state index in [1.807, 2.05) is 55.5 Å². The number of nitrogens with zero attached hydrogens (tertiary/aromatic N) is 1. The number of rotatable bonds is 5. The van der Waals surface area contributed by atoms with Gasteiger partial charge < -0.3 is 9.53 Å². The number of anilines is 1. The van der Waals surface area contributed by atoms with E-state index in [1.165, 1.54) is 4.90 Å². The van der Waals surface area contributed by atoms with Gasteiger partial charge in [-0.1, -0.05) is 55.5 Å². The molecule has 0 spiro atoms. The van der Waals surface area contributed by atoms with E-state index in [0.717, 1.165) is 35.0 Å². The van der Waals surface area contributed by atoms with Crippen LogP contribution in [0.15, 0.2) is 72.8 Å². The summed E-state index contributed by atoms with van der Waals surface area (Å²) in [6, 6.07) is 22.6. The van der Waals surface area contributed by atoms with Crippen LogP contribution in [0.3, 0.4) is 0 Å². The van der Waals surface area contributed by atoms with Gasteiger partial charge in [0.2, 0.25) is 11.8 Å². The van der Waals surface area contributed by atoms with Gasteiger partial charge in [-0.15, -0.1) is 0 Å². The van der Waals surface area contributed by atoms with Crippen molar-refractivity contribution in [1.82, 2.24) is 0 Å². The van der Waals surface area contributed by atoms with Crippen molar-refractivity contribution < 1.29 is 19.1 Å². The molecule has 0 saturated carbocycles. The first-order chi connectivity index (χ1) is 16.1. The van der Waals surface area contributed by atoms with E-state index in [0.29, 0.717) is 18.0 Å². The van der Waals surface area contributed by atoms with Crippen molar-refractivity contribution in [2.75, 3.05) is 11.5 Å². The summed E-state index contributed by atoms with van der Waals surface area (Å²) in [5.41, 5.74) is 2.97. The van der Waals surface area contributed by atoms with Crippen molar-refractivity contribution in [2.45, 2.75) is 24.7 Å². The summed E-state index contributed by atoms with van der Waals surface area (Å²) in [4.78, 5) is 42.0. The second-order valence-electron chi connectivity index (χ2n) is 9.00. The maximum absolute atomic E-state index is 13.9. The molecule has 1 aliphatic heterocycles. The molecule has 0 unspecified atom stereocenters. The third-order valence-corrected chi connectivity index (χ3v) is 7.44. The van der Waals surface area contributed by atoms with Crippen LogP contribution in [0.25, 0.3) is 0 Å². The molecule has 3 aliphatic carbocycles. The summed E-state index contributed by atoms with van der Waals surface area (Å²) < 4.78 is 5.65. The zero-order valence-corrected chi connectivity index (χ0v) is 18.2. The van der Waals surface area contributed by atoms with Crippen LogP contribution in [-0.4, -0.2) is 24.7 Å². The Hall–Kier alpha value is -3.73. The van der Waals surface area contributed by atoms with Crippen molar-refractivity contribution in [2.24, 2.45) is 11.8 Å². The summed E-state index contributed by atoms with van der Waals surface area (Å²) in [6.45, 7) is 2.63. The lowest BCUT2D eigenvalue weighted by atomic mass is 9.48. The number of ether oxygens (including phenoxy) is 1. The predicted molar refractivity (Wildman–Crippen MR) is 123 cm³/mol. The molecular weight excluding hydrogens is 414 g/mol. The van der Waals surface area contributed by atoms with Crippen molar-refractivity contribution in [3.63, 3.8) is 0 Å². The van der Waals surface area contributed by atoms with E-state index in [1.54, 1.807) is 24.3 Å². The van der Waals surface area contributed by atoms with Crippen molar-refractivity contribution in [1.29, 1.82) is 0 Å². The van der Waals surface area contributed by atoms with E-state index >= 15 is 0 Å². The van der Waals surface area contributed by atoms with Gasteiger partial charge in [-0.3, -0.25) is 9.59 Å². The minimum Gasteiger partial charge on any atom is -0.494 e. The van der Waals surface area contributed by atoms with Crippen molar-refractivity contribution >= 4 is 23.8 Å². The smallest absolute Gasteiger partial charge is 0.239 e. The molecule has 1 fully saturated rings.